The van der Waals surface area contributed by atoms with Gasteiger partial charge in [-0.25, -0.2) is 13.5 Å². The number of nitrogens with zero attached hydrogens (tertiary/aromatic N) is 4. The number of nitrogens with one attached hydrogen (secondary N) is 1. The van der Waals surface area contributed by atoms with E-state index in [1.807, 2.05) is 42.4 Å². The van der Waals surface area contributed by atoms with Crippen LogP contribution < -0.4 is 9.64 Å². The molecule has 4 heterocycles. The Hall–Kier alpha value is -3.71. The highest BCUT2D eigenvalue weighted by molar-refractivity contribution is 7.81. The van der Waals surface area contributed by atoms with Crippen LogP contribution in [-0.4, -0.2) is 70.2 Å². The zero-order valence-corrected chi connectivity index (χ0v) is 24.7. The van der Waals surface area contributed by atoms with Crippen molar-refractivity contribution < 1.29 is 13.7 Å². The summed E-state index contributed by atoms with van der Waals surface area (Å²) in [6, 6.07) is 20.8. The Morgan fingerprint density at radius 3 is 2.39 bits per heavy atom. The van der Waals surface area contributed by atoms with E-state index in [9.17, 15) is 9.47 Å². The monoisotopic (exact) mass is 571 g/mol. The molecule has 6 rings (SSSR count). The van der Waals surface area contributed by atoms with E-state index in [4.69, 9.17) is 9.47 Å². The van der Waals surface area contributed by atoms with Crippen LogP contribution >= 0.6 is 0 Å². The van der Waals surface area contributed by atoms with Crippen molar-refractivity contribution in [3.05, 3.63) is 66.4 Å². The number of ether oxygens (including phenoxy) is 2. The van der Waals surface area contributed by atoms with Crippen molar-refractivity contribution in [2.45, 2.75) is 32.8 Å². The molecule has 0 amide bonds. The second-order valence-corrected chi connectivity index (χ2v) is 11.3. The Morgan fingerprint density at radius 2 is 1.71 bits per heavy atom. The Labute approximate surface area is 244 Å². The van der Waals surface area contributed by atoms with Gasteiger partial charge in [0.1, 0.15) is 23.6 Å². The summed E-state index contributed by atoms with van der Waals surface area (Å²) < 4.78 is 25.3. The third kappa shape index (κ3) is 6.46. The summed E-state index contributed by atoms with van der Waals surface area (Å²) in [6.07, 6.45) is 5.29. The lowest BCUT2D eigenvalue weighted by molar-refractivity contribution is 0.0254. The van der Waals surface area contributed by atoms with Gasteiger partial charge in [0.2, 0.25) is 0 Å². The maximum Gasteiger partial charge on any atom is 0.138 e. The molecule has 1 unspecified atom stereocenters. The molecule has 1 atom stereocenters. The summed E-state index contributed by atoms with van der Waals surface area (Å²) in [4.78, 5) is 10.4. The van der Waals surface area contributed by atoms with E-state index in [-0.39, 0.29) is 6.10 Å². The van der Waals surface area contributed by atoms with Crippen LogP contribution in [-0.2, 0) is 15.7 Å². The molecule has 214 valence electrons. The van der Waals surface area contributed by atoms with Gasteiger partial charge >= 0.3 is 0 Å². The van der Waals surface area contributed by atoms with Crippen LogP contribution in [0.15, 0.2) is 60.8 Å². The Morgan fingerprint density at radius 1 is 1.00 bits per heavy atom. The molecule has 2 fully saturated rings. The molecule has 1 N–H and O–H groups in total. The first-order valence-electron chi connectivity index (χ1n) is 14.3. The van der Waals surface area contributed by atoms with E-state index in [1.54, 1.807) is 12.5 Å². The van der Waals surface area contributed by atoms with E-state index in [1.165, 1.54) is 5.69 Å². The van der Waals surface area contributed by atoms with Gasteiger partial charge in [-0.1, -0.05) is 32.0 Å². The molecule has 8 nitrogen and oxygen atoms in total. The number of fused-ring (bicyclic) bond motifs is 1. The topological polar surface area (TPSA) is 94.5 Å². The van der Waals surface area contributed by atoms with E-state index in [0.717, 1.165) is 72.4 Å². The molecule has 41 heavy (non-hydrogen) atoms. The summed E-state index contributed by atoms with van der Waals surface area (Å²) in [5.74, 6) is 0.623. The van der Waals surface area contributed by atoms with Crippen LogP contribution in [0.2, 0.25) is 0 Å². The molecule has 9 heteroatoms. The van der Waals surface area contributed by atoms with Crippen molar-refractivity contribution in [3.63, 3.8) is 0 Å². The number of rotatable bonds is 6. The average Bonchev–Trinajstić information content (AvgIpc) is 3.48. The maximum absolute atomic E-state index is 11.7. The fourth-order valence-corrected chi connectivity index (χ4v) is 6.03. The van der Waals surface area contributed by atoms with Crippen molar-refractivity contribution in [1.29, 1.82) is 5.26 Å². The maximum atomic E-state index is 11.7. The second-order valence-electron chi connectivity index (χ2n) is 9.94. The van der Waals surface area contributed by atoms with E-state index >= 15 is 0 Å². The number of aromatic amines is 1. The molecule has 0 radical (unpaired) electrons. The van der Waals surface area contributed by atoms with Crippen LogP contribution in [0.4, 0.5) is 5.69 Å². The third-order valence-electron chi connectivity index (χ3n) is 7.55. The number of pyridine rings is 1. The number of H-pyrrole nitrogens is 1. The number of piperazine rings is 1. The first-order valence-corrected chi connectivity index (χ1v) is 15.8. The fourth-order valence-electron chi connectivity index (χ4n) is 5.35. The van der Waals surface area contributed by atoms with Gasteiger partial charge in [0.05, 0.1) is 29.8 Å². The highest BCUT2D eigenvalue weighted by Crippen LogP contribution is 2.34. The van der Waals surface area contributed by atoms with Gasteiger partial charge in [0, 0.05) is 68.2 Å². The first kappa shape index (κ1) is 28.8. The SMILES string of the molecule is CC.CS(=O)N1CCN(c2ccc(-c3cc4c(-c5ccc(OC6CCOCC6)c(C#N)c5)ccnc4[nH]3)cc2)CC1. The molecule has 2 aromatic heterocycles. The fraction of sp³-hybridized carbons (Fsp3) is 0.375. The number of anilines is 1. The molecule has 0 saturated carbocycles. The smallest absolute Gasteiger partial charge is 0.138 e. The van der Waals surface area contributed by atoms with Crippen LogP contribution in [0.5, 0.6) is 5.75 Å². The summed E-state index contributed by atoms with van der Waals surface area (Å²) in [5, 5.41) is 10.8. The zero-order valence-electron chi connectivity index (χ0n) is 23.9. The standard InChI is InChI=1S/C30H31N5O3S.C2H6/c1-39(36)35-14-12-34(13-15-35)24-5-2-21(3-6-24)28-19-27-26(8-11-32-30(27)33-28)22-4-7-29(23(18-22)20-31)38-25-9-16-37-17-10-25;1-2/h2-8,11,18-19,25H,9-10,12-17H2,1H3,(H,32,33);1-2H3. The predicted molar refractivity (Wildman–Crippen MR) is 165 cm³/mol. The van der Waals surface area contributed by atoms with Crippen molar-refractivity contribution in [1.82, 2.24) is 14.3 Å². The van der Waals surface area contributed by atoms with Gasteiger partial charge < -0.3 is 19.4 Å². The minimum Gasteiger partial charge on any atom is -0.489 e. The van der Waals surface area contributed by atoms with Crippen LogP contribution in [0.1, 0.15) is 32.3 Å². The van der Waals surface area contributed by atoms with Crippen molar-refractivity contribution in [2.75, 3.05) is 50.5 Å². The molecule has 0 bridgehead atoms. The molecule has 2 saturated heterocycles. The van der Waals surface area contributed by atoms with Gasteiger partial charge in [0.15, 0.2) is 0 Å². The Bertz CT molecular complexity index is 1530. The molecule has 2 aromatic carbocycles. The lowest BCUT2D eigenvalue weighted by Gasteiger charge is -2.34. The molecule has 0 spiro atoms. The van der Waals surface area contributed by atoms with Crippen LogP contribution in [0.25, 0.3) is 33.4 Å². The van der Waals surface area contributed by atoms with Gasteiger partial charge in [-0.15, -0.1) is 0 Å². The van der Waals surface area contributed by atoms with Crippen LogP contribution in [0.3, 0.4) is 0 Å². The highest BCUT2D eigenvalue weighted by Gasteiger charge is 2.20. The summed E-state index contributed by atoms with van der Waals surface area (Å²) in [7, 11) is -0.911. The van der Waals surface area contributed by atoms with Gasteiger partial charge in [-0.2, -0.15) is 5.26 Å². The summed E-state index contributed by atoms with van der Waals surface area (Å²) in [5.41, 5.74) is 6.53. The molecular weight excluding hydrogens is 534 g/mol. The van der Waals surface area contributed by atoms with E-state index in [2.05, 4.69) is 51.3 Å². The minimum absolute atomic E-state index is 0.0782. The molecule has 4 aromatic rings. The second kappa shape index (κ2) is 13.3. The quantitative estimate of drug-likeness (QED) is 0.316. The molecular formula is C32H37N5O3S. The highest BCUT2D eigenvalue weighted by atomic mass is 32.2. The van der Waals surface area contributed by atoms with E-state index < -0.39 is 11.0 Å². The van der Waals surface area contributed by atoms with Gasteiger partial charge in [0.25, 0.3) is 0 Å². The Balaban J connectivity index is 0.00000165. The number of benzene rings is 2. The number of hydrogen-bond acceptors (Lipinski definition) is 6. The lowest BCUT2D eigenvalue weighted by Crippen LogP contribution is -2.46. The first-order chi connectivity index (χ1) is 20.1. The average molecular weight is 572 g/mol. The van der Waals surface area contributed by atoms with Gasteiger partial charge in [-0.05, 0) is 53.1 Å². The number of nitriles is 1. The van der Waals surface area contributed by atoms with Gasteiger partial charge in [-0.3, -0.25) is 0 Å². The molecule has 2 aliphatic heterocycles. The van der Waals surface area contributed by atoms with Crippen LogP contribution in [0, 0.1) is 11.3 Å². The normalized spacial score (nSPS) is 17.0. The summed E-state index contributed by atoms with van der Waals surface area (Å²) in [6.45, 7) is 8.72. The third-order valence-corrected chi connectivity index (χ3v) is 8.64. The number of hydrogen-bond donors (Lipinski definition) is 1. The Kier molecular flexibility index (Phi) is 9.35. The van der Waals surface area contributed by atoms with Crippen molar-refractivity contribution >= 4 is 27.7 Å². The lowest BCUT2D eigenvalue weighted by atomic mass is 10.0. The largest absolute Gasteiger partial charge is 0.489 e. The predicted octanol–water partition coefficient (Wildman–Crippen LogP) is 5.77. The zero-order chi connectivity index (χ0) is 28.8. The van der Waals surface area contributed by atoms with E-state index in [0.29, 0.717) is 24.5 Å². The van der Waals surface area contributed by atoms with Crippen molar-refractivity contribution in [3.8, 4) is 34.2 Å². The molecule has 2 aliphatic rings. The minimum atomic E-state index is -0.911. The summed E-state index contributed by atoms with van der Waals surface area (Å²) >= 11 is 0. The molecule has 0 aliphatic carbocycles. The van der Waals surface area contributed by atoms with Crippen molar-refractivity contribution in [2.24, 2.45) is 0 Å². The number of aromatic nitrogens is 2.